The summed E-state index contributed by atoms with van der Waals surface area (Å²) in [4.78, 5) is 28.6. The Morgan fingerprint density at radius 1 is 0.952 bits per heavy atom. The summed E-state index contributed by atoms with van der Waals surface area (Å²) in [6, 6.07) is 17.5. The van der Waals surface area contributed by atoms with Gasteiger partial charge in [-0.1, -0.05) is 24.3 Å². The zero-order valence-electron chi connectivity index (χ0n) is 23.4. The number of primary sulfonamides is 1. The molecule has 0 spiro atoms. The molecule has 1 aromatic heterocycles. The maximum Gasteiger partial charge on any atom is 0.329 e. The van der Waals surface area contributed by atoms with Crippen molar-refractivity contribution in [2.75, 3.05) is 43.7 Å². The number of anilines is 3. The van der Waals surface area contributed by atoms with Crippen LogP contribution in [0.4, 0.5) is 22.0 Å². The summed E-state index contributed by atoms with van der Waals surface area (Å²) in [5.41, 5.74) is 2.97. The van der Waals surface area contributed by atoms with Crippen molar-refractivity contribution in [2.45, 2.75) is 24.3 Å². The van der Waals surface area contributed by atoms with Crippen LogP contribution in [0.2, 0.25) is 0 Å². The predicted molar refractivity (Wildman–Crippen MR) is 160 cm³/mol. The third kappa shape index (κ3) is 5.19. The SMILES string of the molecule is COc1cc2ncnc(N3CCC(CN4Cc5ccccc5N(c5cccc(S(N)(=O)=O)c5)C4=O)CC3)c2cc1OC. The molecule has 0 saturated carbocycles. The Bertz CT molecular complexity index is 1760. The molecule has 1 fully saturated rings. The number of para-hydroxylation sites is 1. The van der Waals surface area contributed by atoms with E-state index in [0.29, 0.717) is 30.3 Å². The fraction of sp³-hybridized carbons (Fsp3) is 0.300. The average Bonchev–Trinajstić information content (AvgIpc) is 3.00. The van der Waals surface area contributed by atoms with E-state index in [-0.39, 0.29) is 16.8 Å². The number of ether oxygens (including phenoxy) is 2. The Kier molecular flexibility index (Phi) is 7.33. The van der Waals surface area contributed by atoms with Crippen LogP contribution < -0.4 is 24.4 Å². The molecule has 0 radical (unpaired) electrons. The minimum absolute atomic E-state index is 0.0388. The molecule has 2 amide bonds. The number of carbonyl (C=O) groups is 1. The van der Waals surface area contributed by atoms with Crippen LogP contribution in [0.1, 0.15) is 18.4 Å². The quantitative estimate of drug-likeness (QED) is 0.338. The van der Waals surface area contributed by atoms with E-state index in [1.165, 1.54) is 12.1 Å². The van der Waals surface area contributed by atoms with Crippen molar-refractivity contribution in [2.24, 2.45) is 11.1 Å². The molecular formula is C30H32N6O5S. The second kappa shape index (κ2) is 11.1. The summed E-state index contributed by atoms with van der Waals surface area (Å²) in [6.45, 7) is 2.63. The van der Waals surface area contributed by atoms with Crippen molar-refractivity contribution in [3.05, 3.63) is 72.6 Å². The largest absolute Gasteiger partial charge is 0.493 e. The highest BCUT2D eigenvalue weighted by atomic mass is 32.2. The van der Waals surface area contributed by atoms with Crippen LogP contribution in [-0.2, 0) is 16.6 Å². The number of benzene rings is 3. The van der Waals surface area contributed by atoms with Gasteiger partial charge in [-0.05, 0) is 54.7 Å². The Labute approximate surface area is 244 Å². The normalized spacial score (nSPS) is 16.1. The summed E-state index contributed by atoms with van der Waals surface area (Å²) < 4.78 is 35.0. The van der Waals surface area contributed by atoms with Crippen molar-refractivity contribution in [1.82, 2.24) is 14.9 Å². The molecule has 2 aliphatic rings. The van der Waals surface area contributed by atoms with Gasteiger partial charge in [0.25, 0.3) is 0 Å². The number of sulfonamides is 1. The fourth-order valence-electron chi connectivity index (χ4n) is 5.83. The summed E-state index contributed by atoms with van der Waals surface area (Å²) in [5, 5.41) is 6.28. The van der Waals surface area contributed by atoms with E-state index < -0.39 is 10.0 Å². The van der Waals surface area contributed by atoms with Gasteiger partial charge in [0, 0.05) is 37.6 Å². The number of piperidine rings is 1. The van der Waals surface area contributed by atoms with Crippen LogP contribution in [0.25, 0.3) is 10.9 Å². The van der Waals surface area contributed by atoms with E-state index >= 15 is 0 Å². The third-order valence-corrected chi connectivity index (χ3v) is 8.88. The lowest BCUT2D eigenvalue weighted by atomic mass is 9.95. The highest BCUT2D eigenvalue weighted by Crippen LogP contribution is 2.38. The van der Waals surface area contributed by atoms with Crippen molar-refractivity contribution in [1.29, 1.82) is 0 Å². The number of rotatable bonds is 7. The zero-order chi connectivity index (χ0) is 29.4. The Morgan fingerprint density at radius 2 is 1.69 bits per heavy atom. The number of aromatic nitrogens is 2. The van der Waals surface area contributed by atoms with Gasteiger partial charge in [-0.15, -0.1) is 0 Å². The second-order valence-electron chi connectivity index (χ2n) is 10.5. The van der Waals surface area contributed by atoms with E-state index in [9.17, 15) is 13.2 Å². The summed E-state index contributed by atoms with van der Waals surface area (Å²) >= 11 is 0. The zero-order valence-corrected chi connectivity index (χ0v) is 24.3. The first kappa shape index (κ1) is 27.7. The van der Waals surface area contributed by atoms with Crippen molar-refractivity contribution >= 4 is 44.1 Å². The molecule has 2 N–H and O–H groups in total. The molecule has 0 aliphatic carbocycles. The number of carbonyl (C=O) groups excluding carboxylic acids is 1. The molecule has 3 heterocycles. The standard InChI is InChI=1S/C30H32N6O5S/c1-40-27-15-24-25(16-28(27)41-2)32-19-33-29(24)34-12-10-20(11-13-34)17-35-18-21-6-3-4-9-26(21)36(30(35)37)22-7-5-8-23(14-22)42(31,38)39/h3-9,14-16,19-20H,10-13,17-18H2,1-2H3,(H2,31,38,39). The molecular weight excluding hydrogens is 556 g/mol. The number of methoxy groups -OCH3 is 2. The minimum atomic E-state index is -3.92. The van der Waals surface area contributed by atoms with Crippen LogP contribution in [0.5, 0.6) is 11.5 Å². The van der Waals surface area contributed by atoms with Crippen molar-refractivity contribution in [3.8, 4) is 11.5 Å². The van der Waals surface area contributed by atoms with Gasteiger partial charge in [-0.25, -0.2) is 28.3 Å². The molecule has 0 atom stereocenters. The first-order chi connectivity index (χ1) is 20.3. The van der Waals surface area contributed by atoms with Crippen LogP contribution in [-0.4, -0.2) is 63.2 Å². The van der Waals surface area contributed by atoms with E-state index in [4.69, 9.17) is 14.6 Å². The number of hydrogen-bond donors (Lipinski definition) is 1. The number of nitrogens with two attached hydrogens (primary N) is 1. The van der Waals surface area contributed by atoms with E-state index in [2.05, 4.69) is 14.9 Å². The number of hydrogen-bond acceptors (Lipinski definition) is 8. The molecule has 2 aliphatic heterocycles. The van der Waals surface area contributed by atoms with E-state index in [0.717, 1.165) is 53.9 Å². The minimum Gasteiger partial charge on any atom is -0.493 e. The van der Waals surface area contributed by atoms with Crippen LogP contribution in [0.15, 0.2) is 71.9 Å². The second-order valence-corrected chi connectivity index (χ2v) is 12.1. The highest BCUT2D eigenvalue weighted by Gasteiger charge is 2.34. The monoisotopic (exact) mass is 588 g/mol. The smallest absolute Gasteiger partial charge is 0.329 e. The number of fused-ring (bicyclic) bond motifs is 2. The van der Waals surface area contributed by atoms with Crippen molar-refractivity contribution < 1.29 is 22.7 Å². The molecule has 4 aromatic rings. The van der Waals surface area contributed by atoms with Crippen LogP contribution in [0.3, 0.4) is 0 Å². The van der Waals surface area contributed by atoms with Crippen LogP contribution >= 0.6 is 0 Å². The lowest BCUT2D eigenvalue weighted by Gasteiger charge is -2.40. The van der Waals surface area contributed by atoms with E-state index in [1.54, 1.807) is 37.6 Å². The fourth-order valence-corrected chi connectivity index (χ4v) is 6.39. The average molecular weight is 589 g/mol. The molecule has 12 heteroatoms. The topological polar surface area (TPSA) is 131 Å². The van der Waals surface area contributed by atoms with Crippen LogP contribution in [0, 0.1) is 5.92 Å². The third-order valence-electron chi connectivity index (χ3n) is 7.97. The van der Waals surface area contributed by atoms with E-state index in [1.807, 2.05) is 41.3 Å². The van der Waals surface area contributed by atoms with Crippen molar-refractivity contribution in [3.63, 3.8) is 0 Å². The highest BCUT2D eigenvalue weighted by molar-refractivity contribution is 7.89. The van der Waals surface area contributed by atoms with Gasteiger partial charge in [0.2, 0.25) is 10.0 Å². The van der Waals surface area contributed by atoms with Gasteiger partial charge in [-0.3, -0.25) is 4.90 Å². The first-order valence-electron chi connectivity index (χ1n) is 13.7. The summed E-state index contributed by atoms with van der Waals surface area (Å²) in [7, 11) is -0.715. The molecule has 0 bridgehead atoms. The molecule has 11 nitrogen and oxygen atoms in total. The molecule has 1 saturated heterocycles. The van der Waals surface area contributed by atoms with Gasteiger partial charge in [0.15, 0.2) is 11.5 Å². The molecule has 0 unspecified atom stereocenters. The number of nitrogens with zero attached hydrogens (tertiary/aromatic N) is 5. The summed E-state index contributed by atoms with van der Waals surface area (Å²) in [5.74, 6) is 2.38. The Balaban J connectivity index is 1.21. The summed E-state index contributed by atoms with van der Waals surface area (Å²) in [6.07, 6.45) is 3.33. The Morgan fingerprint density at radius 3 is 2.43 bits per heavy atom. The maximum absolute atomic E-state index is 13.9. The molecule has 218 valence electrons. The van der Waals surface area contributed by atoms with Gasteiger partial charge in [0.05, 0.1) is 36.0 Å². The molecule has 42 heavy (non-hydrogen) atoms. The predicted octanol–water partition coefficient (Wildman–Crippen LogP) is 4.28. The maximum atomic E-state index is 13.9. The number of urea groups is 1. The number of amides is 2. The van der Waals surface area contributed by atoms with Gasteiger partial charge in [0.1, 0.15) is 12.1 Å². The molecule has 6 rings (SSSR count). The molecule has 3 aromatic carbocycles. The lowest BCUT2D eigenvalue weighted by Crippen LogP contribution is -2.48. The first-order valence-corrected chi connectivity index (χ1v) is 15.2. The van der Waals surface area contributed by atoms with Gasteiger partial charge < -0.3 is 19.3 Å². The van der Waals surface area contributed by atoms with Gasteiger partial charge in [-0.2, -0.15) is 0 Å². The van der Waals surface area contributed by atoms with Gasteiger partial charge >= 0.3 is 6.03 Å². The Hall–Kier alpha value is -4.42. The lowest BCUT2D eigenvalue weighted by molar-refractivity contribution is 0.184.